The number of piperazine rings is 1. The molecule has 0 aliphatic carbocycles. The molecule has 0 atom stereocenters. The lowest BCUT2D eigenvalue weighted by atomic mass is 10.2. The fourth-order valence-corrected chi connectivity index (χ4v) is 1.85. The van der Waals surface area contributed by atoms with Gasteiger partial charge in [0.05, 0.1) is 17.8 Å². The van der Waals surface area contributed by atoms with E-state index in [9.17, 15) is 9.59 Å². The third kappa shape index (κ3) is 3.65. The SMILES string of the molecule is O=C(O)c1ccnc(CNC(=O)N2CCNCC2)c1. The number of urea groups is 1. The molecule has 1 saturated heterocycles. The number of amides is 2. The van der Waals surface area contributed by atoms with Crippen LogP contribution in [0.2, 0.25) is 0 Å². The maximum Gasteiger partial charge on any atom is 0.335 e. The van der Waals surface area contributed by atoms with E-state index >= 15 is 0 Å². The largest absolute Gasteiger partial charge is 0.478 e. The number of carbonyl (C=O) groups excluding carboxylic acids is 1. The highest BCUT2D eigenvalue weighted by molar-refractivity contribution is 5.87. The van der Waals surface area contributed by atoms with Crippen molar-refractivity contribution in [3.8, 4) is 0 Å². The Balaban J connectivity index is 1.89. The Hall–Kier alpha value is -2.15. The Morgan fingerprint density at radius 2 is 2.16 bits per heavy atom. The molecule has 19 heavy (non-hydrogen) atoms. The van der Waals surface area contributed by atoms with Gasteiger partial charge in [-0.3, -0.25) is 4.98 Å². The predicted octanol–water partition coefficient (Wildman–Crippen LogP) is -0.105. The summed E-state index contributed by atoms with van der Waals surface area (Å²) in [6.07, 6.45) is 1.43. The van der Waals surface area contributed by atoms with E-state index in [1.54, 1.807) is 4.90 Å². The van der Waals surface area contributed by atoms with E-state index in [4.69, 9.17) is 5.11 Å². The second-order valence-electron chi connectivity index (χ2n) is 4.24. The average molecular weight is 264 g/mol. The average Bonchev–Trinajstić information content (AvgIpc) is 2.46. The molecule has 1 aromatic rings. The van der Waals surface area contributed by atoms with E-state index in [-0.39, 0.29) is 18.1 Å². The lowest BCUT2D eigenvalue weighted by Gasteiger charge is -2.27. The lowest BCUT2D eigenvalue weighted by Crippen LogP contribution is -2.50. The summed E-state index contributed by atoms with van der Waals surface area (Å²) >= 11 is 0. The number of rotatable bonds is 3. The molecule has 2 heterocycles. The molecule has 1 aliphatic heterocycles. The number of carboxylic acids is 1. The van der Waals surface area contributed by atoms with Gasteiger partial charge in [0.1, 0.15) is 0 Å². The van der Waals surface area contributed by atoms with Crippen molar-refractivity contribution in [3.05, 3.63) is 29.6 Å². The van der Waals surface area contributed by atoms with E-state index in [0.717, 1.165) is 13.1 Å². The smallest absolute Gasteiger partial charge is 0.335 e. The van der Waals surface area contributed by atoms with Crippen LogP contribution in [0, 0.1) is 0 Å². The van der Waals surface area contributed by atoms with Gasteiger partial charge >= 0.3 is 12.0 Å². The molecule has 2 amide bonds. The summed E-state index contributed by atoms with van der Waals surface area (Å²) in [4.78, 5) is 28.4. The summed E-state index contributed by atoms with van der Waals surface area (Å²) in [5, 5.41) is 14.8. The van der Waals surface area contributed by atoms with Crippen molar-refractivity contribution in [3.63, 3.8) is 0 Å². The number of hydrogen-bond donors (Lipinski definition) is 3. The van der Waals surface area contributed by atoms with Crippen molar-refractivity contribution in [2.24, 2.45) is 0 Å². The van der Waals surface area contributed by atoms with Crippen LogP contribution in [0.5, 0.6) is 0 Å². The van der Waals surface area contributed by atoms with Crippen LogP contribution in [0.25, 0.3) is 0 Å². The summed E-state index contributed by atoms with van der Waals surface area (Å²) in [5.41, 5.74) is 0.699. The predicted molar refractivity (Wildman–Crippen MR) is 67.9 cm³/mol. The molecule has 3 N–H and O–H groups in total. The van der Waals surface area contributed by atoms with Crippen LogP contribution >= 0.6 is 0 Å². The van der Waals surface area contributed by atoms with Crippen molar-refractivity contribution >= 4 is 12.0 Å². The lowest BCUT2D eigenvalue weighted by molar-refractivity contribution is 0.0696. The number of carbonyl (C=O) groups is 2. The molecule has 7 nitrogen and oxygen atoms in total. The minimum Gasteiger partial charge on any atom is -0.478 e. The van der Waals surface area contributed by atoms with Crippen LogP contribution in [0.4, 0.5) is 4.79 Å². The van der Waals surface area contributed by atoms with Crippen molar-refractivity contribution in [1.82, 2.24) is 20.5 Å². The fraction of sp³-hybridized carbons (Fsp3) is 0.417. The van der Waals surface area contributed by atoms with Crippen LogP contribution in [0.15, 0.2) is 18.3 Å². The minimum atomic E-state index is -1.00. The van der Waals surface area contributed by atoms with Crippen LogP contribution in [0.1, 0.15) is 16.1 Å². The molecule has 2 rings (SSSR count). The van der Waals surface area contributed by atoms with E-state index in [1.807, 2.05) is 0 Å². The molecule has 0 unspecified atom stereocenters. The third-order valence-electron chi connectivity index (χ3n) is 2.89. The second-order valence-corrected chi connectivity index (χ2v) is 4.24. The number of carboxylic acid groups (broad SMARTS) is 1. The Labute approximate surface area is 110 Å². The van der Waals surface area contributed by atoms with Crippen LogP contribution in [-0.2, 0) is 6.54 Å². The number of aromatic nitrogens is 1. The second kappa shape index (κ2) is 6.14. The van der Waals surface area contributed by atoms with Gasteiger partial charge in [0.25, 0.3) is 0 Å². The fourth-order valence-electron chi connectivity index (χ4n) is 1.85. The van der Waals surface area contributed by atoms with Crippen LogP contribution < -0.4 is 10.6 Å². The highest BCUT2D eigenvalue weighted by Gasteiger charge is 2.15. The Morgan fingerprint density at radius 1 is 1.42 bits per heavy atom. The van der Waals surface area contributed by atoms with Gasteiger partial charge < -0.3 is 20.6 Å². The van der Waals surface area contributed by atoms with Gasteiger partial charge in [-0.1, -0.05) is 0 Å². The summed E-state index contributed by atoms with van der Waals surface area (Å²) in [6.45, 7) is 3.16. The van der Waals surface area contributed by atoms with E-state index in [0.29, 0.717) is 18.8 Å². The molecule has 102 valence electrons. The molecule has 1 aliphatic rings. The van der Waals surface area contributed by atoms with Gasteiger partial charge in [-0.15, -0.1) is 0 Å². The molecular weight excluding hydrogens is 248 g/mol. The number of hydrogen-bond acceptors (Lipinski definition) is 4. The molecule has 1 fully saturated rings. The Kier molecular flexibility index (Phi) is 4.30. The monoisotopic (exact) mass is 264 g/mol. The van der Waals surface area contributed by atoms with Gasteiger partial charge in [-0.2, -0.15) is 0 Å². The molecule has 7 heteroatoms. The minimum absolute atomic E-state index is 0.149. The summed E-state index contributed by atoms with van der Waals surface area (Å²) in [7, 11) is 0. The van der Waals surface area contributed by atoms with Gasteiger partial charge in [0.15, 0.2) is 0 Å². The first-order valence-electron chi connectivity index (χ1n) is 6.08. The van der Waals surface area contributed by atoms with Crippen molar-refractivity contribution < 1.29 is 14.7 Å². The number of aromatic carboxylic acids is 1. The highest BCUT2D eigenvalue weighted by atomic mass is 16.4. The van der Waals surface area contributed by atoms with Gasteiger partial charge in [-0.05, 0) is 12.1 Å². The molecule has 0 saturated carbocycles. The third-order valence-corrected chi connectivity index (χ3v) is 2.89. The maximum atomic E-state index is 11.8. The molecular formula is C12H16N4O3. The molecule has 1 aromatic heterocycles. The summed E-state index contributed by atoms with van der Waals surface area (Å²) < 4.78 is 0. The Morgan fingerprint density at radius 3 is 2.84 bits per heavy atom. The van der Waals surface area contributed by atoms with Crippen LogP contribution in [0.3, 0.4) is 0 Å². The first-order valence-corrected chi connectivity index (χ1v) is 6.08. The van der Waals surface area contributed by atoms with Gasteiger partial charge in [0, 0.05) is 32.4 Å². The standard InChI is InChI=1S/C12H16N4O3/c17-11(18)9-1-2-14-10(7-9)8-15-12(19)16-5-3-13-4-6-16/h1-2,7,13H,3-6,8H2,(H,15,19)(H,17,18). The van der Waals surface area contributed by atoms with E-state index < -0.39 is 5.97 Å². The van der Waals surface area contributed by atoms with Gasteiger partial charge in [0.2, 0.25) is 0 Å². The van der Waals surface area contributed by atoms with Gasteiger partial charge in [-0.25, -0.2) is 9.59 Å². The van der Waals surface area contributed by atoms with E-state index in [1.165, 1.54) is 18.3 Å². The zero-order valence-electron chi connectivity index (χ0n) is 10.4. The topological polar surface area (TPSA) is 94.6 Å². The zero-order chi connectivity index (χ0) is 13.7. The quantitative estimate of drug-likeness (QED) is 0.708. The molecule has 0 radical (unpaired) electrons. The molecule has 0 spiro atoms. The normalized spacial score (nSPS) is 15.1. The van der Waals surface area contributed by atoms with Crippen LogP contribution in [-0.4, -0.2) is 53.2 Å². The molecule has 0 aromatic carbocycles. The number of nitrogens with zero attached hydrogens (tertiary/aromatic N) is 2. The van der Waals surface area contributed by atoms with Crippen molar-refractivity contribution in [1.29, 1.82) is 0 Å². The number of pyridine rings is 1. The summed E-state index contributed by atoms with van der Waals surface area (Å²) in [5.74, 6) is -1.00. The zero-order valence-corrected chi connectivity index (χ0v) is 10.4. The highest BCUT2D eigenvalue weighted by Crippen LogP contribution is 2.02. The molecule has 0 bridgehead atoms. The van der Waals surface area contributed by atoms with E-state index in [2.05, 4.69) is 15.6 Å². The van der Waals surface area contributed by atoms with Crippen molar-refractivity contribution in [2.45, 2.75) is 6.54 Å². The first-order chi connectivity index (χ1) is 9.16. The summed E-state index contributed by atoms with van der Waals surface area (Å²) in [6, 6.07) is 2.73. The number of nitrogens with one attached hydrogen (secondary N) is 2. The Bertz CT molecular complexity index is 472. The first kappa shape index (κ1) is 13.3. The maximum absolute atomic E-state index is 11.8. The van der Waals surface area contributed by atoms with Crippen molar-refractivity contribution in [2.75, 3.05) is 26.2 Å².